The molecule has 0 fully saturated rings. The molecule has 0 N–H and O–H groups in total. The molecule has 0 aliphatic carbocycles. The number of hydrogen-bond acceptors (Lipinski definition) is 1. The zero-order valence-electron chi connectivity index (χ0n) is 8.47. The van der Waals surface area contributed by atoms with Gasteiger partial charge in [0.1, 0.15) is 0 Å². The predicted molar refractivity (Wildman–Crippen MR) is 55.1 cm³/mol. The van der Waals surface area contributed by atoms with Crippen molar-refractivity contribution in [2.75, 3.05) is 0 Å². The van der Waals surface area contributed by atoms with Crippen LogP contribution in [-0.4, -0.2) is 19.5 Å². The normalized spacial score (nSPS) is 10.9. The molecule has 0 aliphatic heterocycles. The van der Waals surface area contributed by atoms with Crippen LogP contribution in [0.1, 0.15) is 52.4 Å². The van der Waals surface area contributed by atoms with Crippen LogP contribution in [0, 0.1) is 0 Å². The van der Waals surface area contributed by atoms with E-state index < -0.39 is 19.5 Å². The zero-order chi connectivity index (χ0) is 9.23. The molecule has 0 radical (unpaired) electrons. The first-order valence-corrected chi connectivity index (χ1v) is 9.41. The van der Waals surface area contributed by atoms with Gasteiger partial charge in [0.2, 0.25) is 0 Å². The minimum atomic E-state index is -1.79. The third-order valence-corrected chi connectivity index (χ3v) is 6.20. The second kappa shape index (κ2) is 9.68. The minimum absolute atomic E-state index is 1.07. The van der Waals surface area contributed by atoms with Gasteiger partial charge in [0, 0.05) is 0 Å². The van der Waals surface area contributed by atoms with Crippen molar-refractivity contribution in [1.29, 1.82) is 0 Å². The molecule has 74 valence electrons. The fourth-order valence-electron chi connectivity index (χ4n) is 1.13. The molecule has 0 unspecified atom stereocenters. The van der Waals surface area contributed by atoms with Gasteiger partial charge in [-0.3, -0.25) is 0 Å². The summed E-state index contributed by atoms with van der Waals surface area (Å²) in [7, 11) is 0. The molecular weight excluding hydrogens is 264 g/mol. The van der Waals surface area contributed by atoms with E-state index in [1.165, 1.54) is 38.5 Å². The molecule has 0 aromatic rings. The molecule has 0 spiro atoms. The quantitative estimate of drug-likeness (QED) is 0.490. The van der Waals surface area contributed by atoms with E-state index in [1.54, 1.807) is 0 Å². The Kier molecular flexibility index (Phi) is 10.2. The number of rotatable bonds is 8. The average molecular weight is 286 g/mol. The maximum atomic E-state index is 11.4. The standard InChI is InChI=1S/C10H22OTe/c1-3-5-7-9-12(11)10-8-6-4-2/h3-10H2,1-2H3. The summed E-state index contributed by atoms with van der Waals surface area (Å²) in [6.07, 6.45) is 7.47. The van der Waals surface area contributed by atoms with Gasteiger partial charge in [-0.2, -0.15) is 0 Å². The molecular formula is C10H22OTe. The molecule has 0 saturated carbocycles. The Balaban J connectivity index is 3.10. The van der Waals surface area contributed by atoms with E-state index >= 15 is 0 Å². The molecule has 2 heteroatoms. The molecule has 0 saturated heterocycles. The monoisotopic (exact) mass is 288 g/mol. The van der Waals surface area contributed by atoms with Crippen LogP contribution in [0.15, 0.2) is 0 Å². The van der Waals surface area contributed by atoms with Crippen LogP contribution in [0.3, 0.4) is 0 Å². The summed E-state index contributed by atoms with van der Waals surface area (Å²) in [6.45, 7) is 4.39. The molecule has 0 bridgehead atoms. The van der Waals surface area contributed by atoms with Crippen LogP contribution in [-0.2, 0) is 3.10 Å². The van der Waals surface area contributed by atoms with E-state index in [2.05, 4.69) is 13.8 Å². The Hall–Kier alpha value is 0.590. The molecule has 0 aromatic carbocycles. The van der Waals surface area contributed by atoms with Gasteiger partial charge in [0.05, 0.1) is 0 Å². The van der Waals surface area contributed by atoms with Gasteiger partial charge in [0.25, 0.3) is 0 Å². The molecule has 0 heterocycles. The van der Waals surface area contributed by atoms with E-state index in [9.17, 15) is 3.10 Å². The van der Waals surface area contributed by atoms with Crippen LogP contribution >= 0.6 is 0 Å². The Labute approximate surface area is 83.9 Å². The van der Waals surface area contributed by atoms with E-state index in [4.69, 9.17) is 0 Å². The first-order chi connectivity index (χ1) is 5.81. The first-order valence-electron chi connectivity index (χ1n) is 5.16. The fraction of sp³-hybridized carbons (Fsp3) is 1.00. The van der Waals surface area contributed by atoms with Gasteiger partial charge in [-0.25, -0.2) is 0 Å². The fourth-order valence-corrected chi connectivity index (χ4v) is 4.71. The molecule has 1 nitrogen and oxygen atoms in total. The van der Waals surface area contributed by atoms with Crippen LogP contribution < -0.4 is 0 Å². The van der Waals surface area contributed by atoms with Crippen LogP contribution in [0.2, 0.25) is 8.94 Å². The topological polar surface area (TPSA) is 17.1 Å². The molecule has 0 aromatic heterocycles. The van der Waals surface area contributed by atoms with Crippen molar-refractivity contribution in [3.63, 3.8) is 0 Å². The van der Waals surface area contributed by atoms with E-state index in [-0.39, 0.29) is 0 Å². The SMILES string of the molecule is CCCCC[Te](=O)CCCCC. The van der Waals surface area contributed by atoms with Crippen LogP contribution in [0.5, 0.6) is 0 Å². The Bertz CT molecular complexity index is 100. The van der Waals surface area contributed by atoms with Gasteiger partial charge in [0.15, 0.2) is 0 Å². The van der Waals surface area contributed by atoms with E-state index in [0.29, 0.717) is 0 Å². The number of unbranched alkanes of at least 4 members (excludes halogenated alkanes) is 4. The van der Waals surface area contributed by atoms with Crippen LogP contribution in [0.4, 0.5) is 0 Å². The van der Waals surface area contributed by atoms with Crippen molar-refractivity contribution >= 4 is 19.5 Å². The van der Waals surface area contributed by atoms with Crippen molar-refractivity contribution in [1.82, 2.24) is 0 Å². The molecule has 0 aliphatic rings. The van der Waals surface area contributed by atoms with Crippen molar-refractivity contribution in [3.05, 3.63) is 0 Å². The summed E-state index contributed by atoms with van der Waals surface area (Å²) < 4.78 is 13.6. The second-order valence-electron chi connectivity index (χ2n) is 3.26. The van der Waals surface area contributed by atoms with Crippen molar-refractivity contribution < 1.29 is 3.10 Å². The summed E-state index contributed by atoms with van der Waals surface area (Å²) in [6, 6.07) is 0. The maximum absolute atomic E-state index is 11.4. The Morgan fingerprint density at radius 3 is 1.58 bits per heavy atom. The zero-order valence-corrected chi connectivity index (χ0v) is 10.8. The van der Waals surface area contributed by atoms with Gasteiger partial charge in [-0.1, -0.05) is 0 Å². The molecule has 12 heavy (non-hydrogen) atoms. The Morgan fingerprint density at radius 1 is 0.833 bits per heavy atom. The summed E-state index contributed by atoms with van der Waals surface area (Å²) in [5, 5.41) is 0. The summed E-state index contributed by atoms with van der Waals surface area (Å²) in [4.78, 5) is 0. The van der Waals surface area contributed by atoms with Gasteiger partial charge < -0.3 is 0 Å². The summed E-state index contributed by atoms with van der Waals surface area (Å²) in [5.41, 5.74) is 0. The molecule has 0 atom stereocenters. The number of hydrogen-bond donors (Lipinski definition) is 0. The second-order valence-corrected chi connectivity index (χ2v) is 8.10. The molecule has 0 amide bonds. The van der Waals surface area contributed by atoms with Crippen molar-refractivity contribution in [3.8, 4) is 0 Å². The van der Waals surface area contributed by atoms with Gasteiger partial charge >= 0.3 is 84.0 Å². The Morgan fingerprint density at radius 2 is 1.25 bits per heavy atom. The van der Waals surface area contributed by atoms with Gasteiger partial charge in [-0.05, 0) is 0 Å². The van der Waals surface area contributed by atoms with Crippen molar-refractivity contribution in [2.24, 2.45) is 0 Å². The third-order valence-electron chi connectivity index (χ3n) is 1.95. The van der Waals surface area contributed by atoms with E-state index in [0.717, 1.165) is 8.94 Å². The summed E-state index contributed by atoms with van der Waals surface area (Å²) in [5.74, 6) is 0. The van der Waals surface area contributed by atoms with Crippen LogP contribution in [0.25, 0.3) is 0 Å². The van der Waals surface area contributed by atoms with Gasteiger partial charge in [-0.15, -0.1) is 0 Å². The summed E-state index contributed by atoms with van der Waals surface area (Å²) >= 11 is -1.79. The predicted octanol–water partition coefficient (Wildman–Crippen LogP) is 3.79. The first kappa shape index (κ1) is 12.6. The average Bonchev–Trinajstić information content (AvgIpc) is 2.06. The molecule has 0 rings (SSSR count). The van der Waals surface area contributed by atoms with E-state index in [1.807, 2.05) is 0 Å². The van der Waals surface area contributed by atoms with Crippen molar-refractivity contribution in [2.45, 2.75) is 61.3 Å². The third kappa shape index (κ3) is 8.68.